The fourth-order valence-electron chi connectivity index (χ4n) is 4.58. The van der Waals surface area contributed by atoms with Gasteiger partial charge in [0.2, 0.25) is 11.9 Å². The van der Waals surface area contributed by atoms with Crippen LogP contribution >= 0.6 is 0 Å². The molecule has 1 saturated heterocycles. The quantitative estimate of drug-likeness (QED) is 0.654. The topological polar surface area (TPSA) is 70.9 Å². The molecule has 5 rings (SSSR count). The predicted molar refractivity (Wildman–Crippen MR) is 117 cm³/mol. The number of fused-ring (bicyclic) bond motifs is 1. The van der Waals surface area contributed by atoms with Crippen molar-refractivity contribution < 1.29 is 4.39 Å². The zero-order valence-electron chi connectivity index (χ0n) is 17.3. The zero-order valence-corrected chi connectivity index (χ0v) is 17.3. The molecule has 2 fully saturated rings. The minimum atomic E-state index is -0.293. The van der Waals surface area contributed by atoms with Gasteiger partial charge in [-0.25, -0.2) is 14.4 Å². The molecule has 1 aliphatic heterocycles. The van der Waals surface area contributed by atoms with E-state index in [1.165, 1.54) is 18.9 Å². The highest BCUT2D eigenvalue weighted by Crippen LogP contribution is 2.36. The van der Waals surface area contributed by atoms with Gasteiger partial charge < -0.3 is 15.5 Å². The Morgan fingerprint density at radius 2 is 1.80 bits per heavy atom. The number of nitrogens with zero attached hydrogens (tertiary/aromatic N) is 5. The molecule has 0 unspecified atom stereocenters. The molecule has 8 heteroatoms. The van der Waals surface area contributed by atoms with Gasteiger partial charge in [0.25, 0.3) is 0 Å². The van der Waals surface area contributed by atoms with Crippen LogP contribution in [0.2, 0.25) is 0 Å². The summed E-state index contributed by atoms with van der Waals surface area (Å²) in [6.07, 6.45) is 8.49. The Kier molecular flexibility index (Phi) is 5.25. The van der Waals surface area contributed by atoms with Crippen LogP contribution in [0, 0.1) is 5.82 Å². The summed E-state index contributed by atoms with van der Waals surface area (Å²) in [5, 5.41) is 6.71. The molecule has 1 aliphatic carbocycles. The Hall–Kier alpha value is -2.74. The van der Waals surface area contributed by atoms with Crippen LogP contribution in [0.1, 0.15) is 44.6 Å². The highest BCUT2D eigenvalue weighted by atomic mass is 19.1. The molecule has 1 aromatic carbocycles. The van der Waals surface area contributed by atoms with Crippen LogP contribution in [0.15, 0.2) is 30.5 Å². The number of likely N-dealkylation sites (tertiary alicyclic amines) is 1. The maximum Gasteiger partial charge on any atom is 0.224 e. The second kappa shape index (κ2) is 8.18. The van der Waals surface area contributed by atoms with E-state index in [1.54, 1.807) is 18.3 Å². The smallest absolute Gasteiger partial charge is 0.224 e. The standard InChI is InChI=1S/C22H28FN7/c1-29-12-10-15(11-13-29)25-21-24-14-19-20(28-21)30(16-6-2-3-7-16)22(27-19)26-18-9-5-4-8-17(18)23/h4-5,8-9,14-16H,2-3,6-7,10-13H2,1H3,(H,26,27)(H,24,25,28). The van der Waals surface area contributed by atoms with E-state index in [0.717, 1.165) is 49.9 Å². The highest BCUT2D eigenvalue weighted by Gasteiger charge is 2.25. The van der Waals surface area contributed by atoms with Crippen LogP contribution in [0.3, 0.4) is 0 Å². The van der Waals surface area contributed by atoms with E-state index in [4.69, 9.17) is 9.97 Å². The molecule has 3 aromatic rings. The molecule has 3 heterocycles. The lowest BCUT2D eigenvalue weighted by Gasteiger charge is -2.29. The lowest BCUT2D eigenvalue weighted by molar-refractivity contribution is 0.263. The molecule has 2 aromatic heterocycles. The van der Waals surface area contributed by atoms with Gasteiger partial charge >= 0.3 is 0 Å². The van der Waals surface area contributed by atoms with Crippen LogP contribution in [0.5, 0.6) is 0 Å². The van der Waals surface area contributed by atoms with Crippen molar-refractivity contribution in [2.24, 2.45) is 0 Å². The van der Waals surface area contributed by atoms with Gasteiger partial charge in [-0.3, -0.25) is 4.57 Å². The van der Waals surface area contributed by atoms with E-state index >= 15 is 0 Å². The average molecular weight is 410 g/mol. The van der Waals surface area contributed by atoms with Crippen molar-refractivity contribution in [3.05, 3.63) is 36.3 Å². The summed E-state index contributed by atoms with van der Waals surface area (Å²) in [5.74, 6) is 0.986. The minimum absolute atomic E-state index is 0.293. The van der Waals surface area contributed by atoms with Crippen molar-refractivity contribution in [2.75, 3.05) is 30.8 Å². The molecule has 1 saturated carbocycles. The molecule has 0 atom stereocenters. The van der Waals surface area contributed by atoms with Gasteiger partial charge in [0.05, 0.1) is 11.9 Å². The monoisotopic (exact) mass is 409 g/mol. The van der Waals surface area contributed by atoms with E-state index in [1.807, 2.05) is 6.07 Å². The number of benzene rings is 1. The first-order valence-electron chi connectivity index (χ1n) is 10.9. The normalized spacial score (nSPS) is 18.9. The Balaban J connectivity index is 1.49. The molecule has 30 heavy (non-hydrogen) atoms. The third kappa shape index (κ3) is 3.84. The van der Waals surface area contributed by atoms with Crippen molar-refractivity contribution in [3.8, 4) is 0 Å². The first-order valence-corrected chi connectivity index (χ1v) is 10.9. The predicted octanol–water partition coefficient (Wildman–Crippen LogP) is 4.33. The van der Waals surface area contributed by atoms with Gasteiger partial charge in [-0.2, -0.15) is 4.98 Å². The van der Waals surface area contributed by atoms with Gasteiger partial charge in [0, 0.05) is 12.1 Å². The van der Waals surface area contributed by atoms with Gasteiger partial charge in [0.15, 0.2) is 5.65 Å². The van der Waals surface area contributed by atoms with Crippen molar-refractivity contribution in [1.29, 1.82) is 0 Å². The molecule has 2 N–H and O–H groups in total. The summed E-state index contributed by atoms with van der Waals surface area (Å²) >= 11 is 0. The van der Waals surface area contributed by atoms with Gasteiger partial charge in [-0.15, -0.1) is 0 Å². The number of nitrogens with one attached hydrogen (secondary N) is 2. The zero-order chi connectivity index (χ0) is 20.5. The molecule has 0 bridgehead atoms. The van der Waals surface area contributed by atoms with Crippen LogP contribution in [0.4, 0.5) is 22.0 Å². The SMILES string of the molecule is CN1CCC(Nc2ncc3nc(Nc4ccccc4F)n(C4CCCC4)c3n2)CC1. The number of imidazole rings is 1. The summed E-state index contributed by atoms with van der Waals surface area (Å²) in [4.78, 5) is 16.4. The maximum atomic E-state index is 14.3. The Morgan fingerprint density at radius 3 is 2.57 bits per heavy atom. The number of para-hydroxylation sites is 1. The molecular weight excluding hydrogens is 381 g/mol. The maximum absolute atomic E-state index is 14.3. The van der Waals surface area contributed by atoms with Crippen molar-refractivity contribution in [3.63, 3.8) is 0 Å². The van der Waals surface area contributed by atoms with Gasteiger partial charge in [-0.05, 0) is 58.0 Å². The third-order valence-corrected chi connectivity index (χ3v) is 6.29. The summed E-state index contributed by atoms with van der Waals surface area (Å²) in [6.45, 7) is 2.16. The van der Waals surface area contributed by atoms with Crippen LogP contribution in [0.25, 0.3) is 11.2 Å². The average Bonchev–Trinajstić information content (AvgIpc) is 3.38. The van der Waals surface area contributed by atoms with Crippen molar-refractivity contribution in [1.82, 2.24) is 24.4 Å². The fraction of sp³-hybridized carbons (Fsp3) is 0.500. The summed E-state index contributed by atoms with van der Waals surface area (Å²) in [5.41, 5.74) is 1.96. The summed E-state index contributed by atoms with van der Waals surface area (Å²) in [6, 6.07) is 7.39. The lowest BCUT2D eigenvalue weighted by Crippen LogP contribution is -2.37. The largest absolute Gasteiger partial charge is 0.351 e. The Bertz CT molecular complexity index is 1020. The molecule has 0 amide bonds. The van der Waals surface area contributed by atoms with E-state index in [2.05, 4.69) is 32.1 Å². The first-order chi connectivity index (χ1) is 14.7. The lowest BCUT2D eigenvalue weighted by atomic mass is 10.1. The summed E-state index contributed by atoms with van der Waals surface area (Å²) in [7, 11) is 2.16. The van der Waals surface area contributed by atoms with Crippen molar-refractivity contribution in [2.45, 2.75) is 50.6 Å². The van der Waals surface area contributed by atoms with E-state index < -0.39 is 0 Å². The number of anilines is 3. The minimum Gasteiger partial charge on any atom is -0.351 e. The summed E-state index contributed by atoms with van der Waals surface area (Å²) < 4.78 is 16.4. The van der Waals surface area contributed by atoms with E-state index in [9.17, 15) is 4.39 Å². The van der Waals surface area contributed by atoms with E-state index in [-0.39, 0.29) is 5.82 Å². The Labute approximate surface area is 175 Å². The van der Waals surface area contributed by atoms with Crippen LogP contribution < -0.4 is 10.6 Å². The number of aromatic nitrogens is 4. The highest BCUT2D eigenvalue weighted by molar-refractivity contribution is 5.76. The number of piperidine rings is 1. The van der Waals surface area contributed by atoms with Crippen molar-refractivity contribution >= 4 is 28.7 Å². The second-order valence-electron chi connectivity index (χ2n) is 8.47. The second-order valence-corrected chi connectivity index (χ2v) is 8.47. The van der Waals surface area contributed by atoms with Gasteiger partial charge in [0.1, 0.15) is 11.3 Å². The first kappa shape index (κ1) is 19.2. The van der Waals surface area contributed by atoms with Crippen LogP contribution in [-0.2, 0) is 0 Å². The molecule has 2 aliphatic rings. The number of hydrogen-bond acceptors (Lipinski definition) is 6. The molecule has 158 valence electrons. The van der Waals surface area contributed by atoms with E-state index in [0.29, 0.717) is 29.7 Å². The molecule has 0 spiro atoms. The fourth-order valence-corrected chi connectivity index (χ4v) is 4.58. The third-order valence-electron chi connectivity index (χ3n) is 6.29. The molecular formula is C22H28FN7. The number of halogens is 1. The van der Waals surface area contributed by atoms with Crippen LogP contribution in [-0.4, -0.2) is 50.6 Å². The Morgan fingerprint density at radius 1 is 1.03 bits per heavy atom. The molecule has 7 nitrogen and oxygen atoms in total. The van der Waals surface area contributed by atoms with Gasteiger partial charge in [-0.1, -0.05) is 25.0 Å². The molecule has 0 radical (unpaired) electrons. The number of rotatable bonds is 5. The number of hydrogen-bond donors (Lipinski definition) is 2.